The van der Waals surface area contributed by atoms with E-state index in [4.69, 9.17) is 45.2 Å². The molecule has 0 aliphatic carbocycles. The van der Waals surface area contributed by atoms with Crippen LogP contribution in [0.3, 0.4) is 0 Å². The third kappa shape index (κ3) is 8.00. The van der Waals surface area contributed by atoms with Crippen molar-refractivity contribution in [1.82, 2.24) is 19.9 Å². The van der Waals surface area contributed by atoms with E-state index in [0.717, 1.165) is 43.5 Å². The molecule has 0 amide bonds. The van der Waals surface area contributed by atoms with Crippen molar-refractivity contribution in [2.45, 2.75) is 65.5 Å². The summed E-state index contributed by atoms with van der Waals surface area (Å²) < 4.78 is 39.7. The first-order chi connectivity index (χ1) is 22.3. The van der Waals surface area contributed by atoms with Crippen LogP contribution in [-0.4, -0.2) is 85.0 Å². The van der Waals surface area contributed by atoms with E-state index in [-0.39, 0.29) is 0 Å². The summed E-state index contributed by atoms with van der Waals surface area (Å²) in [7, 11) is -12.5. The van der Waals surface area contributed by atoms with Crippen LogP contribution in [0.15, 0.2) is 73.3 Å². The van der Waals surface area contributed by atoms with Gasteiger partial charge in [-0.3, -0.25) is 19.9 Å². The molecule has 4 aromatic rings. The van der Waals surface area contributed by atoms with Gasteiger partial charge in [-0.05, 0) is 100 Å². The van der Waals surface area contributed by atoms with Crippen molar-refractivity contribution in [2.75, 3.05) is 14.2 Å². The van der Waals surface area contributed by atoms with Gasteiger partial charge in [0.1, 0.15) is 0 Å². The smallest absolute Gasteiger partial charge is 0.361 e. The van der Waals surface area contributed by atoms with Crippen molar-refractivity contribution < 1.29 is 25.3 Å². The Labute approximate surface area is 291 Å². The topological polar surface area (TPSA) is 107 Å². The highest BCUT2D eigenvalue weighted by atomic mass is 28.5. The number of aromatic nitrogens is 4. The van der Waals surface area contributed by atoms with E-state index >= 15 is 0 Å². The minimum absolute atomic E-state index is 0.753. The summed E-state index contributed by atoms with van der Waals surface area (Å²) in [6, 6.07) is 16.3. The fourth-order valence-corrected chi connectivity index (χ4v) is 30.7. The van der Waals surface area contributed by atoms with E-state index in [2.05, 4.69) is 64.5 Å². The molecule has 0 saturated carbocycles. The van der Waals surface area contributed by atoms with E-state index in [1.807, 2.05) is 74.3 Å². The summed E-state index contributed by atoms with van der Waals surface area (Å²) in [6.45, 7) is 21.2. The number of pyridine rings is 4. The Morgan fingerprint density at radius 3 is 0.896 bits per heavy atom. The normalized spacial score (nSPS) is 24.9. The second-order valence-corrected chi connectivity index (χ2v) is 36.1. The van der Waals surface area contributed by atoms with Crippen LogP contribution in [0, 0.1) is 0 Å². The van der Waals surface area contributed by atoms with Crippen molar-refractivity contribution in [3.63, 3.8) is 0 Å². The van der Waals surface area contributed by atoms with Crippen LogP contribution in [0.5, 0.6) is 0 Å². The maximum absolute atomic E-state index is 6.91. The third-order valence-corrected chi connectivity index (χ3v) is 31.4. The second-order valence-electron chi connectivity index (χ2n) is 14.3. The molecular weight excluding hydrogens is 705 g/mol. The molecule has 0 radical (unpaired) electrons. The van der Waals surface area contributed by atoms with Gasteiger partial charge in [-0.1, -0.05) is 24.3 Å². The van der Waals surface area contributed by atoms with Gasteiger partial charge in [0.2, 0.25) is 16.6 Å². The fraction of sp³-hybridized carbons (Fsp3) is 0.375. The molecular formula is C32H48N4O6Si6. The molecule has 16 heteroatoms. The predicted octanol–water partition coefficient (Wildman–Crippen LogP) is 4.46. The van der Waals surface area contributed by atoms with Gasteiger partial charge >= 0.3 is 34.2 Å². The predicted molar refractivity (Wildman–Crippen MR) is 205 cm³/mol. The van der Waals surface area contributed by atoms with Crippen molar-refractivity contribution in [1.29, 1.82) is 0 Å². The van der Waals surface area contributed by atoms with E-state index < -0.39 is 50.9 Å². The lowest BCUT2D eigenvalue weighted by Crippen LogP contribution is -2.62. The average molecular weight is 753 g/mol. The van der Waals surface area contributed by atoms with Gasteiger partial charge in [0.05, 0.1) is 22.8 Å². The largest absolute Gasteiger partial charge is 0.433 e. The van der Waals surface area contributed by atoms with Crippen molar-refractivity contribution in [3.05, 3.63) is 73.3 Å². The van der Waals surface area contributed by atoms with E-state index in [0.29, 0.717) is 0 Å². The van der Waals surface area contributed by atoms with Crippen LogP contribution >= 0.6 is 0 Å². The molecule has 7 aliphatic heterocycles. The van der Waals surface area contributed by atoms with Crippen LogP contribution in [0.1, 0.15) is 0 Å². The Kier molecular flexibility index (Phi) is 10.3. The Morgan fingerprint density at radius 1 is 0.396 bits per heavy atom. The summed E-state index contributed by atoms with van der Waals surface area (Å²) in [5.74, 6) is 0. The minimum Gasteiger partial charge on any atom is -0.433 e. The highest BCUT2D eigenvalue weighted by Crippen LogP contribution is 2.25. The molecule has 11 heterocycles. The van der Waals surface area contributed by atoms with Crippen molar-refractivity contribution >= 4 is 71.6 Å². The number of rotatable bonds is 2. The summed E-state index contributed by atoms with van der Waals surface area (Å²) in [4.78, 5) is 19.2. The molecule has 4 aromatic heterocycles. The molecule has 0 aromatic carbocycles. The SMILES string of the molecule is CO[Si]1(C)O[Si](C)(C)O[Si](C)(C)c2ccc(nc2)-c2ccc(cn2)[Si](C)(C)O[Si](C)(C)O[Si](C)(OC)c2ccc(nc2)-c2ccc1cn2. The Hall–Kier alpha value is -2.34. The first-order valence-electron chi connectivity index (χ1n) is 16.1. The Balaban J connectivity index is 1.57. The Morgan fingerprint density at radius 2 is 0.667 bits per heavy atom. The van der Waals surface area contributed by atoms with Crippen molar-refractivity contribution in [3.8, 4) is 22.8 Å². The van der Waals surface area contributed by atoms with Crippen LogP contribution in [0.2, 0.25) is 65.5 Å². The van der Waals surface area contributed by atoms with Gasteiger partial charge in [0.25, 0.3) is 0 Å². The Bertz CT molecular complexity index is 1600. The lowest BCUT2D eigenvalue weighted by atomic mass is 10.2. The van der Waals surface area contributed by atoms with E-state index in [1.54, 1.807) is 14.2 Å². The zero-order chi connectivity index (χ0) is 35.2. The van der Waals surface area contributed by atoms with Crippen LogP contribution in [-0.2, 0) is 25.3 Å². The molecule has 11 rings (SSSR count). The fourth-order valence-electron chi connectivity index (χ4n) is 6.19. The summed E-state index contributed by atoms with van der Waals surface area (Å²) in [5, 5.41) is 4.01. The lowest BCUT2D eigenvalue weighted by Gasteiger charge is -2.39. The standard InChI is InChI=1S/C32H48N4O6Si6/c1-37-47(11)27-15-19-31(35-23-27)32-20-16-28(24-36-32)48(12,38-2)42-46(9,10)40-44(5,6)26-14-18-30(34-22-26)29-17-13-25(21-33-29)43(3,4)39-45(7,8)41-47/h13-24H,1-12H3. The van der Waals surface area contributed by atoms with Crippen LogP contribution < -0.4 is 20.7 Å². The molecule has 0 fully saturated rings. The molecule has 2 atom stereocenters. The number of hydrogen-bond acceptors (Lipinski definition) is 10. The maximum Gasteiger partial charge on any atom is 0.361 e. The van der Waals surface area contributed by atoms with Gasteiger partial charge < -0.3 is 25.3 Å². The van der Waals surface area contributed by atoms with Crippen LogP contribution in [0.4, 0.5) is 0 Å². The average Bonchev–Trinajstić information content (AvgIpc) is 3.03. The zero-order valence-electron chi connectivity index (χ0n) is 30.2. The third-order valence-electron chi connectivity index (χ3n) is 8.68. The lowest BCUT2D eigenvalue weighted by molar-refractivity contribution is 0.286. The molecule has 48 heavy (non-hydrogen) atoms. The van der Waals surface area contributed by atoms with Gasteiger partial charge in [-0.25, -0.2) is 0 Å². The molecule has 10 nitrogen and oxygen atoms in total. The first kappa shape index (κ1) is 36.9. The molecule has 256 valence electrons. The maximum atomic E-state index is 6.91. The summed E-state index contributed by atoms with van der Waals surface area (Å²) >= 11 is 0. The molecule has 0 spiro atoms. The summed E-state index contributed by atoms with van der Waals surface area (Å²) in [5.41, 5.74) is 3.12. The molecule has 0 saturated heterocycles. The second kappa shape index (κ2) is 13.4. The first-order valence-corrected chi connectivity index (χ1v) is 32.2. The molecule has 2 unspecified atom stereocenters. The molecule has 7 aliphatic rings. The van der Waals surface area contributed by atoms with E-state index in [9.17, 15) is 0 Å². The van der Waals surface area contributed by atoms with Gasteiger partial charge in [-0.15, -0.1) is 0 Å². The number of nitrogens with zero attached hydrogens (tertiary/aromatic N) is 4. The van der Waals surface area contributed by atoms with Crippen molar-refractivity contribution in [2.24, 2.45) is 0 Å². The zero-order valence-corrected chi connectivity index (χ0v) is 36.2. The molecule has 8 bridgehead atoms. The monoisotopic (exact) mass is 752 g/mol. The summed E-state index contributed by atoms with van der Waals surface area (Å²) in [6.07, 6.45) is 7.53. The molecule has 0 N–H and O–H groups in total. The van der Waals surface area contributed by atoms with Gasteiger partial charge in [0.15, 0.2) is 0 Å². The van der Waals surface area contributed by atoms with Gasteiger partial charge in [0, 0.05) is 49.4 Å². The number of hydrogen-bond donors (Lipinski definition) is 0. The highest BCUT2D eigenvalue weighted by molar-refractivity contribution is 6.95. The minimum atomic E-state index is -2.86. The van der Waals surface area contributed by atoms with E-state index in [1.165, 1.54) is 0 Å². The van der Waals surface area contributed by atoms with Gasteiger partial charge in [-0.2, -0.15) is 0 Å². The van der Waals surface area contributed by atoms with Crippen LogP contribution in [0.25, 0.3) is 22.8 Å². The quantitative estimate of drug-likeness (QED) is 0.273. The highest BCUT2D eigenvalue weighted by Gasteiger charge is 2.46.